The van der Waals surface area contributed by atoms with Gasteiger partial charge in [-0.15, -0.1) is 0 Å². The summed E-state index contributed by atoms with van der Waals surface area (Å²) in [5, 5.41) is 27.0. The lowest BCUT2D eigenvalue weighted by Crippen LogP contribution is -2.40. The molecule has 2 aliphatic heterocycles. The highest BCUT2D eigenvalue weighted by molar-refractivity contribution is 5.93. The van der Waals surface area contributed by atoms with Gasteiger partial charge in [-0.1, -0.05) is 13.3 Å². The summed E-state index contributed by atoms with van der Waals surface area (Å²) in [6, 6.07) is 5.64. The van der Waals surface area contributed by atoms with Gasteiger partial charge in [-0.25, -0.2) is 9.50 Å². The molecular weight excluding hydrogens is 390 g/mol. The minimum absolute atomic E-state index is 0.137. The van der Waals surface area contributed by atoms with Crippen LogP contribution in [-0.4, -0.2) is 56.3 Å². The molecule has 0 saturated carbocycles. The summed E-state index contributed by atoms with van der Waals surface area (Å²) in [5.41, 5.74) is -0.604. The minimum atomic E-state index is -1.55. The number of aliphatic hydroxyl groups excluding tert-OH is 1. The number of rotatable bonds is 6. The van der Waals surface area contributed by atoms with Crippen LogP contribution in [-0.2, 0) is 24.6 Å². The zero-order valence-electron chi connectivity index (χ0n) is 17.2. The van der Waals surface area contributed by atoms with Crippen molar-refractivity contribution in [1.82, 2.24) is 14.6 Å². The first-order valence-corrected chi connectivity index (χ1v) is 10.0. The number of amides is 1. The predicted molar refractivity (Wildman–Crippen MR) is 104 cm³/mol. The van der Waals surface area contributed by atoms with Crippen LogP contribution in [0, 0.1) is 11.3 Å². The summed E-state index contributed by atoms with van der Waals surface area (Å²) in [6.45, 7) is 5.21. The Labute approximate surface area is 173 Å². The number of nitriles is 1. The summed E-state index contributed by atoms with van der Waals surface area (Å²) < 4.78 is 19.4. The maximum Gasteiger partial charge on any atom is 0.226 e. The van der Waals surface area contributed by atoms with E-state index in [1.807, 2.05) is 6.92 Å². The van der Waals surface area contributed by atoms with Crippen LogP contribution in [0.15, 0.2) is 18.5 Å². The number of hydrogen-bond acceptors (Lipinski definition) is 8. The van der Waals surface area contributed by atoms with Crippen molar-refractivity contribution < 1.29 is 24.1 Å². The van der Waals surface area contributed by atoms with Gasteiger partial charge in [0, 0.05) is 6.42 Å². The number of carbonyl (C=O) groups is 1. The highest BCUT2D eigenvalue weighted by atomic mass is 16.8. The molecule has 2 fully saturated rings. The van der Waals surface area contributed by atoms with Crippen molar-refractivity contribution in [2.75, 3.05) is 11.9 Å². The standard InChI is InChI=1S/C20H25N5O5/c1-4-5-6-15(27)24-18-12-7-8-14(25(12)23-11-22-18)20(10-21)17-16(13(9-26)28-20)29-19(2,3)30-17/h7-8,11,13,16-17,26H,4-6,9H2,1-3H3,(H,22,23,24,27)/t13?,16-,17-,20+/m1/s1. The molecule has 0 spiro atoms. The van der Waals surface area contributed by atoms with E-state index in [4.69, 9.17) is 14.2 Å². The van der Waals surface area contributed by atoms with E-state index < -0.39 is 29.7 Å². The number of unbranched alkanes of at least 4 members (excludes halogenated alkanes) is 1. The molecule has 10 nitrogen and oxygen atoms in total. The fraction of sp³-hybridized carbons (Fsp3) is 0.600. The number of carbonyl (C=O) groups excluding carboxylic acids is 1. The molecule has 0 bridgehead atoms. The zero-order chi connectivity index (χ0) is 21.5. The number of ether oxygens (including phenoxy) is 3. The average Bonchev–Trinajstić information content (AvgIpc) is 3.37. The quantitative estimate of drug-likeness (QED) is 0.725. The number of aliphatic hydroxyl groups is 1. The van der Waals surface area contributed by atoms with Crippen molar-refractivity contribution in [2.45, 2.75) is 69.7 Å². The number of nitrogens with zero attached hydrogens (tertiary/aromatic N) is 4. The molecular formula is C20H25N5O5. The van der Waals surface area contributed by atoms with Gasteiger partial charge >= 0.3 is 0 Å². The topological polar surface area (TPSA) is 131 Å². The van der Waals surface area contributed by atoms with Crippen molar-refractivity contribution in [3.8, 4) is 6.07 Å². The Balaban J connectivity index is 1.75. The molecule has 30 heavy (non-hydrogen) atoms. The molecule has 0 radical (unpaired) electrons. The van der Waals surface area contributed by atoms with Gasteiger partial charge in [-0.05, 0) is 32.4 Å². The molecule has 0 aromatic carbocycles. The van der Waals surface area contributed by atoms with Gasteiger partial charge < -0.3 is 24.6 Å². The van der Waals surface area contributed by atoms with Crippen LogP contribution in [0.4, 0.5) is 5.82 Å². The third kappa shape index (κ3) is 3.24. The maximum absolute atomic E-state index is 12.2. The van der Waals surface area contributed by atoms with Crippen LogP contribution in [0.3, 0.4) is 0 Å². The summed E-state index contributed by atoms with van der Waals surface area (Å²) in [5.74, 6) is -0.709. The van der Waals surface area contributed by atoms with Crippen LogP contribution in [0.25, 0.3) is 5.52 Å². The van der Waals surface area contributed by atoms with Gasteiger partial charge in [-0.3, -0.25) is 4.79 Å². The number of nitrogens with one attached hydrogen (secondary N) is 1. The first-order valence-electron chi connectivity index (χ1n) is 10.0. The maximum atomic E-state index is 12.2. The monoisotopic (exact) mass is 415 g/mol. The Kier molecular flexibility index (Phi) is 5.23. The Morgan fingerprint density at radius 2 is 2.17 bits per heavy atom. The van der Waals surface area contributed by atoms with Crippen LogP contribution >= 0.6 is 0 Å². The number of hydrogen-bond donors (Lipinski definition) is 2. The lowest BCUT2D eigenvalue weighted by Gasteiger charge is -2.28. The van der Waals surface area contributed by atoms with Gasteiger partial charge in [0.2, 0.25) is 11.5 Å². The first-order chi connectivity index (χ1) is 14.3. The Morgan fingerprint density at radius 3 is 2.87 bits per heavy atom. The lowest BCUT2D eigenvalue weighted by molar-refractivity contribution is -0.204. The van der Waals surface area contributed by atoms with Gasteiger partial charge in [0.15, 0.2) is 11.6 Å². The summed E-state index contributed by atoms with van der Waals surface area (Å²) >= 11 is 0. The Bertz CT molecular complexity index is 999. The van der Waals surface area contributed by atoms with E-state index in [0.29, 0.717) is 23.4 Å². The van der Waals surface area contributed by atoms with E-state index in [1.165, 1.54) is 10.8 Å². The molecule has 2 N–H and O–H groups in total. The third-order valence-electron chi connectivity index (χ3n) is 5.43. The molecule has 10 heteroatoms. The molecule has 2 aromatic heterocycles. The van der Waals surface area contributed by atoms with Crippen LogP contribution in [0.2, 0.25) is 0 Å². The van der Waals surface area contributed by atoms with E-state index in [1.54, 1.807) is 26.0 Å². The largest absolute Gasteiger partial charge is 0.394 e. The minimum Gasteiger partial charge on any atom is -0.394 e. The van der Waals surface area contributed by atoms with Gasteiger partial charge in [0.25, 0.3) is 0 Å². The molecule has 2 aliphatic rings. The molecule has 2 aromatic rings. The van der Waals surface area contributed by atoms with Crippen molar-refractivity contribution in [1.29, 1.82) is 5.26 Å². The van der Waals surface area contributed by atoms with Crippen molar-refractivity contribution in [3.05, 3.63) is 24.2 Å². The number of anilines is 1. The molecule has 0 aliphatic carbocycles. The number of fused-ring (bicyclic) bond motifs is 2. The van der Waals surface area contributed by atoms with Crippen LogP contribution in [0.1, 0.15) is 45.7 Å². The van der Waals surface area contributed by atoms with E-state index in [2.05, 4.69) is 21.5 Å². The molecule has 1 unspecified atom stereocenters. The first kappa shape index (κ1) is 20.7. The fourth-order valence-electron chi connectivity index (χ4n) is 4.09. The molecule has 2 saturated heterocycles. The van der Waals surface area contributed by atoms with Crippen molar-refractivity contribution in [3.63, 3.8) is 0 Å². The second-order valence-electron chi connectivity index (χ2n) is 7.98. The van der Waals surface area contributed by atoms with Crippen molar-refractivity contribution in [2.24, 2.45) is 0 Å². The predicted octanol–water partition coefficient (Wildman–Crippen LogP) is 1.49. The molecule has 1 amide bonds. The summed E-state index contributed by atoms with van der Waals surface area (Å²) in [4.78, 5) is 16.4. The molecule has 160 valence electrons. The number of aromatic nitrogens is 3. The molecule has 4 heterocycles. The van der Waals surface area contributed by atoms with Crippen LogP contribution in [0.5, 0.6) is 0 Å². The Morgan fingerprint density at radius 1 is 1.37 bits per heavy atom. The van der Waals surface area contributed by atoms with Crippen LogP contribution < -0.4 is 5.32 Å². The lowest BCUT2D eigenvalue weighted by atomic mass is 9.92. The van der Waals surface area contributed by atoms with Gasteiger partial charge in [0.1, 0.15) is 36.2 Å². The van der Waals surface area contributed by atoms with E-state index in [0.717, 1.165) is 12.8 Å². The molecule has 4 atom stereocenters. The van der Waals surface area contributed by atoms with E-state index in [9.17, 15) is 15.2 Å². The highest BCUT2D eigenvalue weighted by Gasteiger charge is 2.65. The van der Waals surface area contributed by atoms with Gasteiger partial charge in [-0.2, -0.15) is 10.4 Å². The van der Waals surface area contributed by atoms with Gasteiger partial charge in [0.05, 0.1) is 12.3 Å². The summed E-state index contributed by atoms with van der Waals surface area (Å²) in [7, 11) is 0. The fourth-order valence-corrected chi connectivity index (χ4v) is 4.09. The summed E-state index contributed by atoms with van der Waals surface area (Å²) in [6.07, 6.45) is 1.31. The van der Waals surface area contributed by atoms with E-state index in [-0.39, 0.29) is 12.5 Å². The highest BCUT2D eigenvalue weighted by Crippen LogP contribution is 2.49. The second kappa shape index (κ2) is 7.59. The average molecular weight is 415 g/mol. The molecule has 4 rings (SSSR count). The van der Waals surface area contributed by atoms with E-state index >= 15 is 0 Å². The zero-order valence-corrected chi connectivity index (χ0v) is 17.2. The smallest absolute Gasteiger partial charge is 0.226 e. The normalized spacial score (nSPS) is 29.6. The Hall–Kier alpha value is -2.58. The SMILES string of the molecule is CCCCC(=O)Nc1ncnn2c([C@]3(C#N)OC(CO)[C@H]4OC(C)(C)O[C@H]43)ccc12. The third-order valence-corrected chi connectivity index (χ3v) is 5.43. The second-order valence-corrected chi connectivity index (χ2v) is 7.98. The van der Waals surface area contributed by atoms with Crippen molar-refractivity contribution >= 4 is 17.2 Å².